The SMILES string of the molecule is CCOc1ccccc1N1CCN(C(=O)CC2CCCCC2)CC1. The molecule has 1 saturated carbocycles. The molecule has 1 amide bonds. The van der Waals surface area contributed by atoms with Crippen LogP contribution in [0.1, 0.15) is 45.4 Å². The summed E-state index contributed by atoms with van der Waals surface area (Å²) in [5.74, 6) is 1.93. The van der Waals surface area contributed by atoms with Gasteiger partial charge in [0.25, 0.3) is 0 Å². The van der Waals surface area contributed by atoms with Gasteiger partial charge in [0.15, 0.2) is 0 Å². The molecule has 0 bridgehead atoms. The van der Waals surface area contributed by atoms with Gasteiger partial charge in [-0.2, -0.15) is 0 Å². The number of rotatable bonds is 5. The van der Waals surface area contributed by atoms with E-state index in [-0.39, 0.29) is 0 Å². The topological polar surface area (TPSA) is 32.8 Å². The van der Waals surface area contributed by atoms with Gasteiger partial charge in [-0.25, -0.2) is 0 Å². The highest BCUT2D eigenvalue weighted by Gasteiger charge is 2.25. The van der Waals surface area contributed by atoms with E-state index < -0.39 is 0 Å². The molecule has 1 aliphatic heterocycles. The van der Waals surface area contributed by atoms with Gasteiger partial charge in [0.1, 0.15) is 5.75 Å². The molecular formula is C20H30N2O2. The average Bonchev–Trinajstić information content (AvgIpc) is 2.63. The van der Waals surface area contributed by atoms with Gasteiger partial charge in [0.05, 0.1) is 12.3 Å². The molecule has 24 heavy (non-hydrogen) atoms. The predicted molar refractivity (Wildman–Crippen MR) is 97.6 cm³/mol. The number of anilines is 1. The highest BCUT2D eigenvalue weighted by atomic mass is 16.5. The van der Waals surface area contributed by atoms with E-state index in [9.17, 15) is 4.79 Å². The van der Waals surface area contributed by atoms with Crippen molar-refractivity contribution < 1.29 is 9.53 Å². The third kappa shape index (κ3) is 4.22. The van der Waals surface area contributed by atoms with Crippen molar-refractivity contribution >= 4 is 11.6 Å². The number of carbonyl (C=O) groups is 1. The molecule has 2 aliphatic rings. The van der Waals surface area contributed by atoms with Gasteiger partial charge in [-0.3, -0.25) is 4.79 Å². The third-order valence-corrected chi connectivity index (χ3v) is 5.33. The van der Waals surface area contributed by atoms with Gasteiger partial charge in [0, 0.05) is 32.6 Å². The maximum absolute atomic E-state index is 12.6. The summed E-state index contributed by atoms with van der Waals surface area (Å²) < 4.78 is 5.74. The van der Waals surface area contributed by atoms with Crippen molar-refractivity contribution in [3.63, 3.8) is 0 Å². The Hall–Kier alpha value is -1.71. The maximum atomic E-state index is 12.6. The molecule has 1 aromatic rings. The molecule has 0 spiro atoms. The first-order valence-corrected chi connectivity index (χ1v) is 9.52. The van der Waals surface area contributed by atoms with E-state index in [1.807, 2.05) is 19.1 Å². The molecule has 1 aliphatic carbocycles. The van der Waals surface area contributed by atoms with E-state index in [0.29, 0.717) is 18.4 Å². The number of para-hydroxylation sites is 2. The van der Waals surface area contributed by atoms with E-state index >= 15 is 0 Å². The number of carbonyl (C=O) groups excluding carboxylic acids is 1. The zero-order valence-corrected chi connectivity index (χ0v) is 14.9. The van der Waals surface area contributed by atoms with Crippen LogP contribution in [0.25, 0.3) is 0 Å². The van der Waals surface area contributed by atoms with Crippen molar-refractivity contribution in [2.24, 2.45) is 5.92 Å². The molecule has 0 aromatic heterocycles. The predicted octanol–water partition coefficient (Wildman–Crippen LogP) is 3.70. The van der Waals surface area contributed by atoms with Gasteiger partial charge >= 0.3 is 0 Å². The van der Waals surface area contributed by atoms with E-state index in [2.05, 4.69) is 21.9 Å². The highest BCUT2D eigenvalue weighted by molar-refractivity contribution is 5.77. The lowest BCUT2D eigenvalue weighted by Crippen LogP contribution is -2.49. The van der Waals surface area contributed by atoms with Crippen LogP contribution in [-0.2, 0) is 4.79 Å². The average molecular weight is 330 g/mol. The Morgan fingerprint density at radius 3 is 2.50 bits per heavy atom. The largest absolute Gasteiger partial charge is 0.492 e. The van der Waals surface area contributed by atoms with Crippen molar-refractivity contribution in [3.8, 4) is 5.75 Å². The minimum absolute atomic E-state index is 0.361. The quantitative estimate of drug-likeness (QED) is 0.825. The van der Waals surface area contributed by atoms with Crippen LogP contribution >= 0.6 is 0 Å². The second kappa shape index (κ2) is 8.41. The van der Waals surface area contributed by atoms with Gasteiger partial charge in [0.2, 0.25) is 5.91 Å². The molecule has 2 fully saturated rings. The lowest BCUT2D eigenvalue weighted by Gasteiger charge is -2.37. The molecule has 0 unspecified atom stereocenters. The lowest BCUT2D eigenvalue weighted by molar-refractivity contribution is -0.132. The molecule has 0 radical (unpaired) electrons. The van der Waals surface area contributed by atoms with Gasteiger partial charge in [-0.15, -0.1) is 0 Å². The number of hydrogen-bond acceptors (Lipinski definition) is 3. The van der Waals surface area contributed by atoms with Crippen LogP contribution in [0.4, 0.5) is 5.69 Å². The van der Waals surface area contributed by atoms with Crippen LogP contribution in [0.3, 0.4) is 0 Å². The molecular weight excluding hydrogens is 300 g/mol. The van der Waals surface area contributed by atoms with Crippen molar-refractivity contribution in [1.29, 1.82) is 0 Å². The Kier molecular flexibility index (Phi) is 6.00. The molecule has 4 nitrogen and oxygen atoms in total. The Bertz CT molecular complexity index is 532. The van der Waals surface area contributed by atoms with Crippen LogP contribution in [0.2, 0.25) is 0 Å². The molecule has 1 heterocycles. The number of amides is 1. The van der Waals surface area contributed by atoms with Crippen LogP contribution < -0.4 is 9.64 Å². The summed E-state index contributed by atoms with van der Waals surface area (Å²) in [6.07, 6.45) is 7.21. The second-order valence-corrected chi connectivity index (χ2v) is 6.98. The third-order valence-electron chi connectivity index (χ3n) is 5.33. The fourth-order valence-corrected chi connectivity index (χ4v) is 3.96. The fourth-order valence-electron chi connectivity index (χ4n) is 3.96. The van der Waals surface area contributed by atoms with Gasteiger partial charge in [-0.1, -0.05) is 31.4 Å². The molecule has 1 aromatic carbocycles. The fraction of sp³-hybridized carbons (Fsp3) is 0.650. The van der Waals surface area contributed by atoms with Crippen molar-refractivity contribution in [2.45, 2.75) is 45.4 Å². The van der Waals surface area contributed by atoms with E-state index in [1.54, 1.807) is 0 Å². The Labute approximate surface area is 145 Å². The normalized spacial score (nSPS) is 19.4. The standard InChI is InChI=1S/C20H30N2O2/c1-2-24-19-11-7-6-10-18(19)21-12-14-22(15-13-21)20(23)16-17-8-4-3-5-9-17/h6-7,10-11,17H,2-5,8-9,12-16H2,1H3. The Morgan fingerprint density at radius 1 is 1.08 bits per heavy atom. The molecule has 0 N–H and O–H groups in total. The van der Waals surface area contributed by atoms with E-state index in [4.69, 9.17) is 4.74 Å². The van der Waals surface area contributed by atoms with Crippen LogP contribution in [0.15, 0.2) is 24.3 Å². The van der Waals surface area contributed by atoms with Gasteiger partial charge in [-0.05, 0) is 37.8 Å². The zero-order valence-electron chi connectivity index (χ0n) is 14.9. The summed E-state index contributed by atoms with van der Waals surface area (Å²) in [6, 6.07) is 8.21. The molecule has 4 heteroatoms. The number of benzene rings is 1. The summed E-state index contributed by atoms with van der Waals surface area (Å²) in [5.41, 5.74) is 1.15. The van der Waals surface area contributed by atoms with Crippen LogP contribution in [0.5, 0.6) is 5.75 Å². The van der Waals surface area contributed by atoms with E-state index in [0.717, 1.165) is 44.0 Å². The number of hydrogen-bond donors (Lipinski definition) is 0. The lowest BCUT2D eigenvalue weighted by atomic mass is 9.86. The maximum Gasteiger partial charge on any atom is 0.222 e. The highest BCUT2D eigenvalue weighted by Crippen LogP contribution is 2.30. The molecule has 0 atom stereocenters. The number of ether oxygens (including phenoxy) is 1. The molecule has 132 valence electrons. The van der Waals surface area contributed by atoms with Crippen molar-refractivity contribution in [3.05, 3.63) is 24.3 Å². The van der Waals surface area contributed by atoms with Crippen molar-refractivity contribution in [1.82, 2.24) is 4.90 Å². The monoisotopic (exact) mass is 330 g/mol. The Balaban J connectivity index is 1.53. The summed E-state index contributed by atoms with van der Waals surface area (Å²) >= 11 is 0. The second-order valence-electron chi connectivity index (χ2n) is 6.98. The minimum Gasteiger partial charge on any atom is -0.492 e. The summed E-state index contributed by atoms with van der Waals surface area (Å²) in [6.45, 7) is 6.12. The first-order chi connectivity index (χ1) is 11.8. The van der Waals surface area contributed by atoms with Crippen LogP contribution in [-0.4, -0.2) is 43.6 Å². The van der Waals surface area contributed by atoms with Gasteiger partial charge < -0.3 is 14.5 Å². The van der Waals surface area contributed by atoms with Crippen LogP contribution in [0, 0.1) is 5.92 Å². The van der Waals surface area contributed by atoms with E-state index in [1.165, 1.54) is 32.1 Å². The molecule has 1 saturated heterocycles. The van der Waals surface area contributed by atoms with Crippen molar-refractivity contribution in [2.75, 3.05) is 37.7 Å². The number of nitrogens with zero attached hydrogens (tertiary/aromatic N) is 2. The number of piperazine rings is 1. The first kappa shape index (κ1) is 17.1. The first-order valence-electron chi connectivity index (χ1n) is 9.52. The summed E-state index contributed by atoms with van der Waals surface area (Å²) in [4.78, 5) is 17.0. The Morgan fingerprint density at radius 2 is 1.79 bits per heavy atom. The summed E-state index contributed by atoms with van der Waals surface area (Å²) in [5, 5.41) is 0. The smallest absolute Gasteiger partial charge is 0.222 e. The zero-order chi connectivity index (χ0) is 16.8. The summed E-state index contributed by atoms with van der Waals surface area (Å²) in [7, 11) is 0. The molecule has 3 rings (SSSR count). The minimum atomic E-state index is 0.361.